The number of nitrogens with zero attached hydrogens (tertiary/aromatic N) is 4. The third-order valence-corrected chi connectivity index (χ3v) is 4.46. The Morgan fingerprint density at radius 3 is 2.64 bits per heavy atom. The predicted molar refractivity (Wildman–Crippen MR) is 71.7 cm³/mol. The molecule has 1 aliphatic heterocycles. The third-order valence-electron chi connectivity index (χ3n) is 4.46. The van der Waals surface area contributed by atoms with Crippen LogP contribution in [0.15, 0.2) is 0 Å². The van der Waals surface area contributed by atoms with Crippen LogP contribution in [0, 0.1) is 5.92 Å². The second-order valence-corrected chi connectivity index (χ2v) is 6.13. The molecule has 5 nitrogen and oxygen atoms in total. The molecule has 122 valence electrons. The highest BCUT2D eigenvalue weighted by molar-refractivity contribution is 5.76. The molecule has 1 aromatic heterocycles. The monoisotopic (exact) mass is 316 g/mol. The lowest BCUT2D eigenvalue weighted by atomic mass is 10.1. The Hall–Kier alpha value is -1.60. The average Bonchev–Trinajstić information content (AvgIpc) is 3.14. The minimum absolute atomic E-state index is 0.00374. The Kier molecular flexibility index (Phi) is 3.86. The highest BCUT2D eigenvalue weighted by Crippen LogP contribution is 2.35. The molecule has 3 rings (SSSR count). The zero-order valence-electron chi connectivity index (χ0n) is 12.4. The fourth-order valence-corrected chi connectivity index (χ4v) is 3.03. The van der Waals surface area contributed by atoms with Gasteiger partial charge >= 0.3 is 6.18 Å². The molecule has 0 bridgehead atoms. The molecule has 0 saturated heterocycles. The van der Waals surface area contributed by atoms with Crippen LogP contribution in [0.5, 0.6) is 0 Å². The van der Waals surface area contributed by atoms with Gasteiger partial charge in [-0.25, -0.2) is 0 Å². The number of hydrogen-bond donors (Lipinski definition) is 0. The van der Waals surface area contributed by atoms with Gasteiger partial charge in [0.2, 0.25) is 11.7 Å². The van der Waals surface area contributed by atoms with Crippen molar-refractivity contribution in [1.29, 1.82) is 0 Å². The summed E-state index contributed by atoms with van der Waals surface area (Å²) in [6.07, 6.45) is 0.396. The van der Waals surface area contributed by atoms with Crippen molar-refractivity contribution in [3.63, 3.8) is 0 Å². The Bertz CT molecular complexity index is 565. The topological polar surface area (TPSA) is 51.0 Å². The number of carbonyl (C=O) groups excluding carboxylic acids is 1. The fourth-order valence-electron chi connectivity index (χ4n) is 3.03. The van der Waals surface area contributed by atoms with Gasteiger partial charge in [0, 0.05) is 19.5 Å². The van der Waals surface area contributed by atoms with Gasteiger partial charge in [0.1, 0.15) is 0 Å². The minimum Gasteiger partial charge on any atom is -0.331 e. The van der Waals surface area contributed by atoms with Crippen LogP contribution >= 0.6 is 0 Å². The van der Waals surface area contributed by atoms with Crippen LogP contribution < -0.4 is 0 Å². The Morgan fingerprint density at radius 1 is 1.27 bits per heavy atom. The van der Waals surface area contributed by atoms with E-state index < -0.39 is 18.0 Å². The molecular formula is C14H19F3N4O. The minimum atomic E-state index is -4.51. The number of alkyl halides is 3. The molecule has 1 atom stereocenters. The van der Waals surface area contributed by atoms with E-state index in [0.29, 0.717) is 6.42 Å². The van der Waals surface area contributed by atoms with Gasteiger partial charge in [-0.3, -0.25) is 4.79 Å². The summed E-state index contributed by atoms with van der Waals surface area (Å²) in [6, 6.07) is -0.467. The number of halogens is 3. The van der Waals surface area contributed by atoms with Crippen LogP contribution in [0.2, 0.25) is 0 Å². The standard InChI is InChI=1S/C14H19F3N4O/c1-9-12-18-19-13(14(15,16)17)21(12)8-7-20(9)11(22)4-2-3-10-5-6-10/h9-10H,2-8H2,1H3. The Balaban J connectivity index is 1.67. The molecule has 22 heavy (non-hydrogen) atoms. The molecule has 2 aliphatic rings. The number of fused-ring (bicyclic) bond motifs is 1. The van der Waals surface area contributed by atoms with E-state index >= 15 is 0 Å². The zero-order chi connectivity index (χ0) is 15.9. The molecule has 1 fully saturated rings. The van der Waals surface area contributed by atoms with Crippen LogP contribution in [-0.4, -0.2) is 32.1 Å². The molecule has 1 saturated carbocycles. The molecule has 1 amide bonds. The summed E-state index contributed by atoms with van der Waals surface area (Å²) in [6.45, 7) is 2.08. The lowest BCUT2D eigenvalue weighted by Gasteiger charge is -2.34. The van der Waals surface area contributed by atoms with E-state index in [-0.39, 0.29) is 24.8 Å². The average molecular weight is 316 g/mol. The SMILES string of the molecule is CC1c2nnc(C(F)(F)F)n2CCN1C(=O)CCCC1CC1. The second kappa shape index (κ2) is 5.55. The normalized spacial score (nSPS) is 21.8. The summed E-state index contributed by atoms with van der Waals surface area (Å²) >= 11 is 0. The largest absolute Gasteiger partial charge is 0.451 e. The summed E-state index contributed by atoms with van der Waals surface area (Å²) in [5, 5.41) is 6.91. The summed E-state index contributed by atoms with van der Waals surface area (Å²) in [4.78, 5) is 13.9. The van der Waals surface area contributed by atoms with E-state index in [2.05, 4.69) is 10.2 Å². The van der Waals surface area contributed by atoms with E-state index in [1.54, 1.807) is 11.8 Å². The molecule has 2 heterocycles. The molecule has 1 unspecified atom stereocenters. The summed E-state index contributed by atoms with van der Waals surface area (Å²) < 4.78 is 39.6. The predicted octanol–water partition coefficient (Wildman–Crippen LogP) is 2.78. The van der Waals surface area contributed by atoms with Gasteiger partial charge in [-0.2, -0.15) is 13.2 Å². The number of hydrogen-bond acceptors (Lipinski definition) is 3. The molecule has 8 heteroatoms. The summed E-state index contributed by atoms with van der Waals surface area (Å²) in [5.41, 5.74) is 0. The first kappa shape index (κ1) is 15.3. The number of carbonyl (C=O) groups is 1. The van der Waals surface area contributed by atoms with Crippen LogP contribution in [-0.2, 0) is 17.5 Å². The van der Waals surface area contributed by atoms with Crippen molar-refractivity contribution in [3.8, 4) is 0 Å². The number of rotatable bonds is 4. The lowest BCUT2D eigenvalue weighted by Crippen LogP contribution is -2.41. The molecule has 0 spiro atoms. The lowest BCUT2D eigenvalue weighted by molar-refractivity contribution is -0.148. The van der Waals surface area contributed by atoms with Crippen molar-refractivity contribution in [2.24, 2.45) is 5.92 Å². The second-order valence-electron chi connectivity index (χ2n) is 6.13. The van der Waals surface area contributed by atoms with Gasteiger partial charge in [-0.1, -0.05) is 12.8 Å². The van der Waals surface area contributed by atoms with E-state index in [1.165, 1.54) is 12.8 Å². The van der Waals surface area contributed by atoms with Gasteiger partial charge in [0.05, 0.1) is 6.04 Å². The Morgan fingerprint density at radius 2 is 2.00 bits per heavy atom. The molecule has 0 radical (unpaired) electrons. The van der Waals surface area contributed by atoms with Crippen molar-refractivity contribution < 1.29 is 18.0 Å². The molecule has 0 N–H and O–H groups in total. The summed E-state index contributed by atoms with van der Waals surface area (Å²) in [7, 11) is 0. The van der Waals surface area contributed by atoms with Crippen LogP contribution in [0.4, 0.5) is 13.2 Å². The maximum absolute atomic E-state index is 12.8. The highest BCUT2D eigenvalue weighted by Gasteiger charge is 2.41. The van der Waals surface area contributed by atoms with E-state index in [9.17, 15) is 18.0 Å². The van der Waals surface area contributed by atoms with Crippen molar-refractivity contribution >= 4 is 5.91 Å². The number of aromatic nitrogens is 3. The molecule has 0 aromatic carbocycles. The van der Waals surface area contributed by atoms with Gasteiger partial charge in [-0.05, 0) is 25.7 Å². The van der Waals surface area contributed by atoms with Gasteiger partial charge in [0.25, 0.3) is 0 Å². The first-order valence-electron chi connectivity index (χ1n) is 7.67. The van der Waals surface area contributed by atoms with Crippen LogP contribution in [0.1, 0.15) is 56.7 Å². The summed E-state index contributed by atoms with van der Waals surface area (Å²) in [5.74, 6) is 0.0179. The Labute approximate surface area is 126 Å². The van der Waals surface area contributed by atoms with E-state index in [1.807, 2.05) is 0 Å². The van der Waals surface area contributed by atoms with E-state index in [0.717, 1.165) is 23.3 Å². The first-order valence-corrected chi connectivity index (χ1v) is 7.67. The van der Waals surface area contributed by atoms with E-state index in [4.69, 9.17) is 0 Å². The van der Waals surface area contributed by atoms with Crippen LogP contribution in [0.3, 0.4) is 0 Å². The van der Waals surface area contributed by atoms with Crippen molar-refractivity contribution in [2.45, 2.75) is 57.8 Å². The number of amides is 1. The molecule has 1 aliphatic carbocycles. The maximum Gasteiger partial charge on any atom is 0.451 e. The maximum atomic E-state index is 12.8. The fraction of sp³-hybridized carbons (Fsp3) is 0.786. The van der Waals surface area contributed by atoms with Gasteiger partial charge < -0.3 is 9.47 Å². The van der Waals surface area contributed by atoms with Gasteiger partial charge in [-0.15, -0.1) is 10.2 Å². The zero-order valence-corrected chi connectivity index (χ0v) is 12.4. The quantitative estimate of drug-likeness (QED) is 0.858. The smallest absolute Gasteiger partial charge is 0.331 e. The van der Waals surface area contributed by atoms with Crippen LogP contribution in [0.25, 0.3) is 0 Å². The van der Waals surface area contributed by atoms with Gasteiger partial charge in [0.15, 0.2) is 5.82 Å². The molecular weight excluding hydrogens is 297 g/mol. The van der Waals surface area contributed by atoms with Crippen molar-refractivity contribution in [1.82, 2.24) is 19.7 Å². The highest BCUT2D eigenvalue weighted by atomic mass is 19.4. The first-order chi connectivity index (χ1) is 10.4. The molecule has 1 aromatic rings. The van der Waals surface area contributed by atoms with Crippen molar-refractivity contribution in [3.05, 3.63) is 11.6 Å². The third kappa shape index (κ3) is 2.96. The van der Waals surface area contributed by atoms with Crippen molar-refractivity contribution in [2.75, 3.05) is 6.54 Å².